The molecule has 2 heteroatoms. The predicted molar refractivity (Wildman–Crippen MR) is 70.7 cm³/mol. The molecule has 0 radical (unpaired) electrons. The van der Waals surface area contributed by atoms with Crippen molar-refractivity contribution in [2.45, 2.75) is 50.2 Å². The van der Waals surface area contributed by atoms with Crippen LogP contribution in [-0.4, -0.2) is 23.5 Å². The Morgan fingerprint density at radius 1 is 1.06 bits per heavy atom. The molecule has 2 N–H and O–H groups in total. The van der Waals surface area contributed by atoms with E-state index < -0.39 is 0 Å². The lowest BCUT2D eigenvalue weighted by molar-refractivity contribution is 0.104. The van der Waals surface area contributed by atoms with Gasteiger partial charge in [0.15, 0.2) is 0 Å². The first-order valence-electron chi connectivity index (χ1n) is 6.92. The molecule has 17 heavy (non-hydrogen) atoms. The number of piperidine rings is 1. The summed E-state index contributed by atoms with van der Waals surface area (Å²) < 4.78 is 0. The third kappa shape index (κ3) is 2.12. The van der Waals surface area contributed by atoms with E-state index in [1.807, 2.05) is 0 Å². The fourth-order valence-electron chi connectivity index (χ4n) is 3.62. The molecule has 0 spiro atoms. The van der Waals surface area contributed by atoms with E-state index in [2.05, 4.69) is 35.2 Å². The Balaban J connectivity index is 1.79. The lowest BCUT2D eigenvalue weighted by Crippen LogP contribution is -2.48. The van der Waals surface area contributed by atoms with Crippen LogP contribution < -0.4 is 5.73 Å². The van der Waals surface area contributed by atoms with Crippen molar-refractivity contribution in [3.63, 3.8) is 0 Å². The third-order valence-corrected chi connectivity index (χ3v) is 4.48. The Bertz CT molecular complexity index is 362. The molecule has 2 fully saturated rings. The van der Waals surface area contributed by atoms with Crippen molar-refractivity contribution >= 4 is 0 Å². The number of rotatable bonds is 2. The maximum absolute atomic E-state index is 6.48. The monoisotopic (exact) mass is 230 g/mol. The fourth-order valence-corrected chi connectivity index (χ4v) is 3.62. The molecule has 2 saturated heterocycles. The van der Waals surface area contributed by atoms with Gasteiger partial charge >= 0.3 is 0 Å². The van der Waals surface area contributed by atoms with Crippen LogP contribution in [0.5, 0.6) is 0 Å². The molecule has 0 saturated carbocycles. The molecule has 1 aromatic carbocycles. The Labute approximate surface area is 104 Å². The summed E-state index contributed by atoms with van der Waals surface area (Å²) >= 11 is 0. The molecule has 2 heterocycles. The van der Waals surface area contributed by atoms with E-state index in [-0.39, 0.29) is 6.04 Å². The van der Waals surface area contributed by atoms with Gasteiger partial charge in [0, 0.05) is 18.1 Å². The molecule has 3 rings (SSSR count). The summed E-state index contributed by atoms with van der Waals surface area (Å²) in [5.74, 6) is 0. The van der Waals surface area contributed by atoms with Gasteiger partial charge in [0.25, 0.3) is 0 Å². The summed E-state index contributed by atoms with van der Waals surface area (Å²) in [5.41, 5.74) is 7.78. The highest BCUT2D eigenvalue weighted by molar-refractivity contribution is 5.20. The van der Waals surface area contributed by atoms with Crippen LogP contribution in [0.3, 0.4) is 0 Å². The summed E-state index contributed by atoms with van der Waals surface area (Å²) in [6, 6.07) is 12.2. The van der Waals surface area contributed by atoms with Gasteiger partial charge in [-0.25, -0.2) is 0 Å². The van der Waals surface area contributed by atoms with Crippen LogP contribution in [0.25, 0.3) is 0 Å². The minimum absolute atomic E-state index is 0.192. The highest BCUT2D eigenvalue weighted by Crippen LogP contribution is 2.35. The van der Waals surface area contributed by atoms with Gasteiger partial charge in [0.05, 0.1) is 0 Å². The van der Waals surface area contributed by atoms with E-state index in [0.717, 1.165) is 6.04 Å². The zero-order valence-electron chi connectivity index (χ0n) is 10.4. The SMILES string of the molecule is NC(c1ccccc1)C1CCCC2CCCN21. The molecule has 2 nitrogen and oxygen atoms in total. The van der Waals surface area contributed by atoms with Crippen LogP contribution in [0.1, 0.15) is 43.7 Å². The van der Waals surface area contributed by atoms with Crippen molar-refractivity contribution in [1.29, 1.82) is 0 Å². The number of benzene rings is 1. The van der Waals surface area contributed by atoms with Gasteiger partial charge in [0.2, 0.25) is 0 Å². The maximum Gasteiger partial charge on any atom is 0.0453 e. The van der Waals surface area contributed by atoms with Gasteiger partial charge in [-0.2, -0.15) is 0 Å². The minimum atomic E-state index is 0.192. The van der Waals surface area contributed by atoms with E-state index in [1.54, 1.807) is 0 Å². The third-order valence-electron chi connectivity index (χ3n) is 4.48. The first kappa shape index (κ1) is 11.2. The smallest absolute Gasteiger partial charge is 0.0453 e. The molecule has 2 aliphatic heterocycles. The molecule has 3 unspecified atom stereocenters. The molecule has 0 aromatic heterocycles. The second-order valence-electron chi connectivity index (χ2n) is 5.47. The number of hydrogen-bond donors (Lipinski definition) is 1. The van der Waals surface area contributed by atoms with Crippen LogP contribution in [0, 0.1) is 0 Å². The molecule has 0 amide bonds. The van der Waals surface area contributed by atoms with Crippen molar-refractivity contribution in [1.82, 2.24) is 4.90 Å². The summed E-state index contributed by atoms with van der Waals surface area (Å²) in [5, 5.41) is 0. The molecule has 2 aliphatic rings. The van der Waals surface area contributed by atoms with Crippen molar-refractivity contribution in [2.75, 3.05) is 6.54 Å². The Morgan fingerprint density at radius 3 is 2.65 bits per heavy atom. The Morgan fingerprint density at radius 2 is 1.82 bits per heavy atom. The van der Waals surface area contributed by atoms with Gasteiger partial charge in [-0.1, -0.05) is 36.8 Å². The van der Waals surface area contributed by atoms with E-state index in [1.165, 1.54) is 44.2 Å². The molecular weight excluding hydrogens is 208 g/mol. The molecule has 92 valence electrons. The number of fused-ring (bicyclic) bond motifs is 1. The summed E-state index contributed by atoms with van der Waals surface area (Å²) in [6.07, 6.45) is 6.76. The molecule has 0 bridgehead atoms. The summed E-state index contributed by atoms with van der Waals surface area (Å²) in [7, 11) is 0. The molecule has 1 aromatic rings. The number of nitrogens with zero attached hydrogens (tertiary/aromatic N) is 1. The Kier molecular flexibility index (Phi) is 3.17. The highest BCUT2D eigenvalue weighted by Gasteiger charge is 2.36. The van der Waals surface area contributed by atoms with Crippen molar-refractivity contribution < 1.29 is 0 Å². The second-order valence-corrected chi connectivity index (χ2v) is 5.47. The topological polar surface area (TPSA) is 29.3 Å². The van der Waals surface area contributed by atoms with Gasteiger partial charge in [0.1, 0.15) is 0 Å². The van der Waals surface area contributed by atoms with Crippen LogP contribution in [-0.2, 0) is 0 Å². The molecule has 3 atom stereocenters. The lowest BCUT2D eigenvalue weighted by atomic mass is 9.89. The van der Waals surface area contributed by atoms with Crippen molar-refractivity contribution in [3.8, 4) is 0 Å². The maximum atomic E-state index is 6.48. The normalized spacial score (nSPS) is 31.1. The zero-order valence-corrected chi connectivity index (χ0v) is 10.4. The average molecular weight is 230 g/mol. The highest BCUT2D eigenvalue weighted by atomic mass is 15.2. The second kappa shape index (κ2) is 4.79. The van der Waals surface area contributed by atoms with E-state index in [9.17, 15) is 0 Å². The van der Waals surface area contributed by atoms with E-state index in [0.29, 0.717) is 6.04 Å². The van der Waals surface area contributed by atoms with Crippen molar-refractivity contribution in [2.24, 2.45) is 5.73 Å². The molecular formula is C15H22N2. The first-order valence-corrected chi connectivity index (χ1v) is 6.92. The van der Waals surface area contributed by atoms with Crippen LogP contribution in [0.2, 0.25) is 0 Å². The fraction of sp³-hybridized carbons (Fsp3) is 0.600. The summed E-state index contributed by atoms with van der Waals surface area (Å²) in [4.78, 5) is 2.68. The summed E-state index contributed by atoms with van der Waals surface area (Å²) in [6.45, 7) is 1.26. The van der Waals surface area contributed by atoms with Crippen LogP contribution in [0.15, 0.2) is 30.3 Å². The van der Waals surface area contributed by atoms with Gasteiger partial charge in [-0.05, 0) is 37.8 Å². The van der Waals surface area contributed by atoms with Crippen molar-refractivity contribution in [3.05, 3.63) is 35.9 Å². The van der Waals surface area contributed by atoms with Gasteiger partial charge < -0.3 is 5.73 Å². The average Bonchev–Trinajstić information content (AvgIpc) is 2.87. The minimum Gasteiger partial charge on any atom is -0.323 e. The number of hydrogen-bond acceptors (Lipinski definition) is 2. The first-order chi connectivity index (χ1) is 8.36. The van der Waals surface area contributed by atoms with Gasteiger partial charge in [-0.15, -0.1) is 0 Å². The Hall–Kier alpha value is -0.860. The standard InChI is InChI=1S/C15H22N2/c16-15(12-6-2-1-3-7-12)14-10-4-8-13-9-5-11-17(13)14/h1-3,6-7,13-15H,4-5,8-11,16H2. The number of nitrogens with two attached hydrogens (primary N) is 1. The van der Waals surface area contributed by atoms with E-state index in [4.69, 9.17) is 5.73 Å². The largest absolute Gasteiger partial charge is 0.323 e. The lowest BCUT2D eigenvalue weighted by Gasteiger charge is -2.41. The predicted octanol–water partition coefficient (Wildman–Crippen LogP) is 2.70. The van der Waals surface area contributed by atoms with E-state index >= 15 is 0 Å². The molecule has 0 aliphatic carbocycles. The zero-order chi connectivity index (χ0) is 11.7. The van der Waals surface area contributed by atoms with Crippen LogP contribution in [0.4, 0.5) is 0 Å². The quantitative estimate of drug-likeness (QED) is 0.846. The van der Waals surface area contributed by atoms with Crippen LogP contribution >= 0.6 is 0 Å². The van der Waals surface area contributed by atoms with Gasteiger partial charge in [-0.3, -0.25) is 4.90 Å².